The first-order valence-corrected chi connectivity index (χ1v) is 8.60. The summed E-state index contributed by atoms with van der Waals surface area (Å²) in [5.74, 6) is -0.190. The largest absolute Gasteiger partial charge is 0.376 e. The molecule has 132 valence electrons. The topological polar surface area (TPSA) is 61.4 Å². The van der Waals surface area contributed by atoms with Crippen LogP contribution in [-0.2, 0) is 4.79 Å². The van der Waals surface area contributed by atoms with Crippen LogP contribution in [0.2, 0.25) is 5.02 Å². The Kier molecular flexibility index (Phi) is 6.83. The van der Waals surface area contributed by atoms with Crippen molar-refractivity contribution < 1.29 is 9.59 Å². The normalized spacial score (nSPS) is 10.2. The fraction of sp³-hybridized carbons (Fsp3) is 0.263. The van der Waals surface area contributed by atoms with Crippen LogP contribution in [-0.4, -0.2) is 36.3 Å². The van der Waals surface area contributed by atoms with E-state index in [1.165, 1.54) is 0 Å². The maximum atomic E-state index is 12.2. The van der Waals surface area contributed by atoms with Crippen molar-refractivity contribution in [2.45, 2.75) is 13.8 Å². The van der Waals surface area contributed by atoms with Crippen LogP contribution in [0.4, 0.5) is 11.4 Å². The molecule has 2 aromatic rings. The van der Waals surface area contributed by atoms with Crippen LogP contribution in [0, 0.1) is 0 Å². The number of carbonyl (C=O) groups is 2. The summed E-state index contributed by atoms with van der Waals surface area (Å²) in [4.78, 5) is 26.0. The standard InChI is InChI=1S/C19H22ClN3O2/c1-3-23(4-2)19(25)14-9-11-15(12-10-14)21-13-18(24)22-17-8-6-5-7-16(17)20/h5-12,21H,3-4,13H2,1-2H3,(H,22,24). The summed E-state index contributed by atoms with van der Waals surface area (Å²) in [6.07, 6.45) is 0. The van der Waals surface area contributed by atoms with Crippen LogP contribution in [0.3, 0.4) is 0 Å². The van der Waals surface area contributed by atoms with Crippen molar-refractivity contribution >= 4 is 34.8 Å². The Balaban J connectivity index is 1.90. The molecule has 2 aromatic carbocycles. The summed E-state index contributed by atoms with van der Waals surface area (Å²) < 4.78 is 0. The average molecular weight is 360 g/mol. The zero-order chi connectivity index (χ0) is 18.2. The number of carbonyl (C=O) groups excluding carboxylic acids is 2. The lowest BCUT2D eigenvalue weighted by Crippen LogP contribution is -2.30. The number of rotatable bonds is 7. The maximum absolute atomic E-state index is 12.2. The molecule has 2 rings (SSSR count). The number of amides is 2. The first kappa shape index (κ1) is 18.8. The van der Waals surface area contributed by atoms with Gasteiger partial charge in [0.2, 0.25) is 5.91 Å². The smallest absolute Gasteiger partial charge is 0.253 e. The highest BCUT2D eigenvalue weighted by atomic mass is 35.5. The van der Waals surface area contributed by atoms with Gasteiger partial charge in [0, 0.05) is 24.3 Å². The summed E-state index contributed by atoms with van der Waals surface area (Å²) in [6.45, 7) is 5.37. The number of benzene rings is 2. The molecule has 0 aliphatic carbocycles. The number of nitrogens with zero attached hydrogens (tertiary/aromatic N) is 1. The van der Waals surface area contributed by atoms with Gasteiger partial charge in [0.15, 0.2) is 0 Å². The minimum absolute atomic E-state index is 0.00742. The highest BCUT2D eigenvalue weighted by Crippen LogP contribution is 2.20. The van der Waals surface area contributed by atoms with Gasteiger partial charge in [-0.05, 0) is 50.2 Å². The zero-order valence-corrected chi connectivity index (χ0v) is 15.1. The van der Waals surface area contributed by atoms with Crippen molar-refractivity contribution in [3.8, 4) is 0 Å². The summed E-state index contributed by atoms with van der Waals surface area (Å²) >= 11 is 6.01. The van der Waals surface area contributed by atoms with Crippen molar-refractivity contribution in [2.75, 3.05) is 30.3 Å². The van der Waals surface area contributed by atoms with Gasteiger partial charge in [-0.1, -0.05) is 23.7 Å². The fourth-order valence-corrected chi connectivity index (χ4v) is 2.55. The molecule has 2 amide bonds. The van der Waals surface area contributed by atoms with E-state index in [1.54, 1.807) is 53.4 Å². The fourth-order valence-electron chi connectivity index (χ4n) is 2.36. The number of halogens is 1. The van der Waals surface area contributed by atoms with Gasteiger partial charge in [-0.3, -0.25) is 9.59 Å². The van der Waals surface area contributed by atoms with Crippen LogP contribution < -0.4 is 10.6 Å². The molecule has 0 saturated carbocycles. The van der Waals surface area contributed by atoms with Crippen molar-refractivity contribution in [2.24, 2.45) is 0 Å². The Labute approximate surface area is 153 Å². The van der Waals surface area contributed by atoms with E-state index in [2.05, 4.69) is 10.6 Å². The first-order valence-electron chi connectivity index (χ1n) is 8.22. The van der Waals surface area contributed by atoms with Gasteiger partial charge in [-0.25, -0.2) is 0 Å². The monoisotopic (exact) mass is 359 g/mol. The summed E-state index contributed by atoms with van der Waals surface area (Å²) in [5, 5.41) is 6.27. The third-order valence-corrected chi connectivity index (χ3v) is 4.11. The molecule has 0 saturated heterocycles. The molecule has 0 unspecified atom stereocenters. The summed E-state index contributed by atoms with van der Waals surface area (Å²) in [6, 6.07) is 14.2. The van der Waals surface area contributed by atoms with Crippen LogP contribution in [0.1, 0.15) is 24.2 Å². The van der Waals surface area contributed by atoms with Crippen molar-refractivity contribution in [3.05, 3.63) is 59.1 Å². The lowest BCUT2D eigenvalue weighted by molar-refractivity contribution is -0.114. The Hall–Kier alpha value is -2.53. The predicted molar refractivity (Wildman–Crippen MR) is 102 cm³/mol. The molecule has 0 fully saturated rings. The molecule has 5 nitrogen and oxygen atoms in total. The lowest BCUT2D eigenvalue weighted by atomic mass is 10.2. The highest BCUT2D eigenvalue weighted by molar-refractivity contribution is 6.33. The molecular weight excluding hydrogens is 338 g/mol. The predicted octanol–water partition coefficient (Wildman–Crippen LogP) is 3.87. The molecule has 6 heteroatoms. The van der Waals surface area contributed by atoms with Gasteiger partial charge in [-0.15, -0.1) is 0 Å². The highest BCUT2D eigenvalue weighted by Gasteiger charge is 2.12. The number of nitrogens with one attached hydrogen (secondary N) is 2. The van der Waals surface area contributed by atoms with E-state index in [4.69, 9.17) is 11.6 Å². The van der Waals surface area contributed by atoms with Crippen molar-refractivity contribution in [1.29, 1.82) is 0 Å². The Morgan fingerprint density at radius 1 is 1.00 bits per heavy atom. The Bertz CT molecular complexity index is 728. The van der Waals surface area contributed by atoms with Gasteiger partial charge in [0.05, 0.1) is 17.3 Å². The van der Waals surface area contributed by atoms with Crippen LogP contribution in [0.5, 0.6) is 0 Å². The molecular formula is C19H22ClN3O2. The van der Waals surface area contributed by atoms with Gasteiger partial charge in [0.25, 0.3) is 5.91 Å². The Morgan fingerprint density at radius 2 is 1.64 bits per heavy atom. The number of hydrogen-bond acceptors (Lipinski definition) is 3. The molecule has 0 spiro atoms. The second kappa shape index (κ2) is 9.08. The lowest BCUT2D eigenvalue weighted by Gasteiger charge is -2.18. The third-order valence-electron chi connectivity index (χ3n) is 3.78. The molecule has 0 bridgehead atoms. The second-order valence-corrected chi connectivity index (χ2v) is 5.84. The Morgan fingerprint density at radius 3 is 2.24 bits per heavy atom. The van der Waals surface area contributed by atoms with E-state index in [0.717, 1.165) is 5.69 Å². The zero-order valence-electron chi connectivity index (χ0n) is 14.4. The molecule has 0 radical (unpaired) electrons. The van der Waals surface area contributed by atoms with Crippen LogP contribution in [0.15, 0.2) is 48.5 Å². The average Bonchev–Trinajstić information content (AvgIpc) is 2.63. The van der Waals surface area contributed by atoms with Crippen LogP contribution in [0.25, 0.3) is 0 Å². The van der Waals surface area contributed by atoms with Crippen LogP contribution >= 0.6 is 11.6 Å². The van der Waals surface area contributed by atoms with E-state index in [0.29, 0.717) is 29.4 Å². The summed E-state index contributed by atoms with van der Waals surface area (Å²) in [5.41, 5.74) is 1.98. The summed E-state index contributed by atoms with van der Waals surface area (Å²) in [7, 11) is 0. The minimum Gasteiger partial charge on any atom is -0.376 e. The second-order valence-electron chi connectivity index (χ2n) is 5.44. The molecule has 25 heavy (non-hydrogen) atoms. The van der Waals surface area contributed by atoms with Gasteiger partial charge in [0.1, 0.15) is 0 Å². The van der Waals surface area contributed by atoms with E-state index >= 15 is 0 Å². The molecule has 2 N–H and O–H groups in total. The van der Waals surface area contributed by atoms with Crippen molar-refractivity contribution in [3.63, 3.8) is 0 Å². The maximum Gasteiger partial charge on any atom is 0.253 e. The molecule has 0 heterocycles. The quantitative estimate of drug-likeness (QED) is 0.788. The SMILES string of the molecule is CCN(CC)C(=O)c1ccc(NCC(=O)Nc2ccccc2Cl)cc1. The molecule has 0 atom stereocenters. The van der Waals surface area contributed by atoms with Gasteiger partial charge >= 0.3 is 0 Å². The van der Waals surface area contributed by atoms with Gasteiger partial charge < -0.3 is 15.5 Å². The van der Waals surface area contributed by atoms with Gasteiger partial charge in [-0.2, -0.15) is 0 Å². The molecule has 0 aromatic heterocycles. The van der Waals surface area contributed by atoms with E-state index in [-0.39, 0.29) is 18.4 Å². The number of anilines is 2. The van der Waals surface area contributed by atoms with E-state index < -0.39 is 0 Å². The third kappa shape index (κ3) is 5.22. The number of hydrogen-bond donors (Lipinski definition) is 2. The van der Waals surface area contributed by atoms with Crippen molar-refractivity contribution in [1.82, 2.24) is 4.90 Å². The minimum atomic E-state index is -0.198. The molecule has 0 aliphatic heterocycles. The van der Waals surface area contributed by atoms with E-state index in [1.807, 2.05) is 13.8 Å². The van der Waals surface area contributed by atoms with E-state index in [9.17, 15) is 9.59 Å². The molecule has 0 aliphatic rings. The number of para-hydroxylation sites is 1. The first-order chi connectivity index (χ1) is 12.0.